The van der Waals surface area contributed by atoms with Gasteiger partial charge in [-0.3, -0.25) is 9.58 Å². The van der Waals surface area contributed by atoms with Crippen molar-refractivity contribution in [1.82, 2.24) is 14.7 Å². The zero-order valence-corrected chi connectivity index (χ0v) is 13.7. The molecule has 1 atom stereocenters. The summed E-state index contributed by atoms with van der Waals surface area (Å²) in [5.41, 5.74) is 2.50. The lowest BCUT2D eigenvalue weighted by Gasteiger charge is -2.25. The van der Waals surface area contributed by atoms with Gasteiger partial charge in [0, 0.05) is 32.0 Å². The lowest BCUT2D eigenvalue weighted by Crippen LogP contribution is -2.34. The first-order valence-electron chi connectivity index (χ1n) is 8.25. The van der Waals surface area contributed by atoms with Crippen LogP contribution in [-0.4, -0.2) is 32.4 Å². The van der Waals surface area contributed by atoms with Gasteiger partial charge in [0.1, 0.15) is 0 Å². The Morgan fingerprint density at radius 2 is 1.46 bits per heavy atom. The molecule has 1 heterocycles. The molecule has 0 amide bonds. The Kier molecular flexibility index (Phi) is 5.77. The maximum Gasteiger partial charge on any atom is 0.0862 e. The number of nitrogens with zero attached hydrogens (tertiary/aromatic N) is 3. The first kappa shape index (κ1) is 16.4. The summed E-state index contributed by atoms with van der Waals surface area (Å²) < 4.78 is 1.77. The normalized spacial score (nSPS) is 12.4. The smallest absolute Gasteiger partial charge is 0.0862 e. The molecule has 1 unspecified atom stereocenters. The zero-order chi connectivity index (χ0) is 16.6. The van der Waals surface area contributed by atoms with E-state index in [2.05, 4.69) is 58.5 Å². The summed E-state index contributed by atoms with van der Waals surface area (Å²) in [6.07, 6.45) is 3.15. The average molecular weight is 321 g/mol. The molecule has 0 fully saturated rings. The number of benzene rings is 2. The molecule has 3 aromatic rings. The molecule has 2 aromatic carbocycles. The van der Waals surface area contributed by atoms with Gasteiger partial charge in [0.2, 0.25) is 0 Å². The largest absolute Gasteiger partial charge is 0.390 e. The molecule has 0 aliphatic rings. The summed E-state index contributed by atoms with van der Waals surface area (Å²) in [6, 6.07) is 22.6. The van der Waals surface area contributed by atoms with Crippen LogP contribution in [0.1, 0.15) is 11.1 Å². The topological polar surface area (TPSA) is 41.3 Å². The fourth-order valence-electron chi connectivity index (χ4n) is 2.85. The molecule has 0 spiro atoms. The number of aromatic nitrogens is 2. The van der Waals surface area contributed by atoms with E-state index in [0.29, 0.717) is 13.1 Å². The van der Waals surface area contributed by atoms with Crippen LogP contribution in [0.4, 0.5) is 0 Å². The molecule has 0 bridgehead atoms. The van der Waals surface area contributed by atoms with E-state index >= 15 is 0 Å². The SMILES string of the molecule is OC(CN(Cc1ccccc1)Cc1ccccc1)Cn1cccn1. The van der Waals surface area contributed by atoms with Gasteiger partial charge in [-0.15, -0.1) is 0 Å². The Morgan fingerprint density at radius 1 is 0.875 bits per heavy atom. The summed E-state index contributed by atoms with van der Waals surface area (Å²) in [4.78, 5) is 2.28. The highest BCUT2D eigenvalue weighted by molar-refractivity contribution is 5.17. The second-order valence-electron chi connectivity index (χ2n) is 6.02. The minimum atomic E-state index is -0.461. The fraction of sp³-hybridized carbons (Fsp3) is 0.250. The van der Waals surface area contributed by atoms with Crippen molar-refractivity contribution >= 4 is 0 Å². The van der Waals surface area contributed by atoms with Gasteiger partial charge in [-0.2, -0.15) is 5.10 Å². The number of hydrogen-bond acceptors (Lipinski definition) is 3. The van der Waals surface area contributed by atoms with Crippen LogP contribution in [0.25, 0.3) is 0 Å². The Hall–Kier alpha value is -2.43. The molecule has 4 heteroatoms. The van der Waals surface area contributed by atoms with Crippen LogP contribution in [0.2, 0.25) is 0 Å². The maximum atomic E-state index is 10.4. The van der Waals surface area contributed by atoms with Gasteiger partial charge in [-0.25, -0.2) is 0 Å². The molecule has 3 rings (SSSR count). The Morgan fingerprint density at radius 3 is 1.96 bits per heavy atom. The van der Waals surface area contributed by atoms with E-state index in [9.17, 15) is 5.11 Å². The summed E-state index contributed by atoms with van der Waals surface area (Å²) >= 11 is 0. The van der Waals surface area contributed by atoms with Crippen molar-refractivity contribution < 1.29 is 5.11 Å². The Balaban J connectivity index is 1.66. The van der Waals surface area contributed by atoms with Gasteiger partial charge in [0.25, 0.3) is 0 Å². The lowest BCUT2D eigenvalue weighted by atomic mass is 10.1. The van der Waals surface area contributed by atoms with Gasteiger partial charge < -0.3 is 5.11 Å². The number of aliphatic hydroxyl groups is 1. The van der Waals surface area contributed by atoms with Crippen molar-refractivity contribution in [1.29, 1.82) is 0 Å². The first-order chi connectivity index (χ1) is 11.8. The molecule has 0 saturated carbocycles. The molecule has 124 valence electrons. The van der Waals surface area contributed by atoms with Crippen LogP contribution < -0.4 is 0 Å². The van der Waals surface area contributed by atoms with Crippen molar-refractivity contribution in [3.8, 4) is 0 Å². The third kappa shape index (κ3) is 5.05. The molecule has 4 nitrogen and oxygen atoms in total. The minimum absolute atomic E-state index is 0.461. The van der Waals surface area contributed by atoms with E-state index in [4.69, 9.17) is 0 Å². The number of aliphatic hydroxyl groups excluding tert-OH is 1. The summed E-state index contributed by atoms with van der Waals surface area (Å²) in [7, 11) is 0. The van der Waals surface area contributed by atoms with Crippen molar-refractivity contribution in [2.45, 2.75) is 25.7 Å². The van der Waals surface area contributed by atoms with Gasteiger partial charge in [0.05, 0.1) is 12.6 Å². The molecular weight excluding hydrogens is 298 g/mol. The van der Waals surface area contributed by atoms with E-state index in [1.807, 2.05) is 24.4 Å². The van der Waals surface area contributed by atoms with Crippen molar-refractivity contribution in [2.24, 2.45) is 0 Å². The van der Waals surface area contributed by atoms with Crippen LogP contribution in [0.15, 0.2) is 79.1 Å². The van der Waals surface area contributed by atoms with Crippen LogP contribution >= 0.6 is 0 Å². The predicted octanol–water partition coefficient (Wildman–Crippen LogP) is 2.95. The second kappa shape index (κ2) is 8.43. The van der Waals surface area contributed by atoms with Gasteiger partial charge in [-0.1, -0.05) is 60.7 Å². The molecular formula is C20H23N3O. The number of rotatable bonds is 8. The maximum absolute atomic E-state index is 10.4. The van der Waals surface area contributed by atoms with Crippen molar-refractivity contribution in [2.75, 3.05) is 6.54 Å². The molecule has 0 aliphatic carbocycles. The van der Waals surface area contributed by atoms with Crippen LogP contribution in [0, 0.1) is 0 Å². The van der Waals surface area contributed by atoms with Crippen LogP contribution in [-0.2, 0) is 19.6 Å². The average Bonchev–Trinajstić information content (AvgIpc) is 3.09. The lowest BCUT2D eigenvalue weighted by molar-refractivity contribution is 0.0879. The quantitative estimate of drug-likeness (QED) is 0.693. The van der Waals surface area contributed by atoms with E-state index in [0.717, 1.165) is 13.1 Å². The van der Waals surface area contributed by atoms with Gasteiger partial charge in [0.15, 0.2) is 0 Å². The molecule has 1 N–H and O–H groups in total. The predicted molar refractivity (Wildman–Crippen MR) is 95.2 cm³/mol. The fourth-order valence-corrected chi connectivity index (χ4v) is 2.85. The Bertz CT molecular complexity index is 657. The summed E-state index contributed by atoms with van der Waals surface area (Å²) in [5.74, 6) is 0. The Labute approximate surface area is 143 Å². The van der Waals surface area contributed by atoms with E-state index in [-0.39, 0.29) is 0 Å². The highest BCUT2D eigenvalue weighted by Gasteiger charge is 2.13. The molecule has 24 heavy (non-hydrogen) atoms. The van der Waals surface area contributed by atoms with Crippen LogP contribution in [0.5, 0.6) is 0 Å². The minimum Gasteiger partial charge on any atom is -0.390 e. The monoisotopic (exact) mass is 321 g/mol. The summed E-state index contributed by atoms with van der Waals surface area (Å²) in [6.45, 7) is 2.73. The second-order valence-corrected chi connectivity index (χ2v) is 6.02. The third-order valence-corrected chi connectivity index (χ3v) is 3.92. The van der Waals surface area contributed by atoms with E-state index in [1.165, 1.54) is 11.1 Å². The molecule has 0 radical (unpaired) electrons. The van der Waals surface area contributed by atoms with Gasteiger partial charge >= 0.3 is 0 Å². The van der Waals surface area contributed by atoms with Crippen LogP contribution in [0.3, 0.4) is 0 Å². The first-order valence-corrected chi connectivity index (χ1v) is 8.25. The zero-order valence-electron chi connectivity index (χ0n) is 13.7. The highest BCUT2D eigenvalue weighted by atomic mass is 16.3. The number of hydrogen-bond donors (Lipinski definition) is 1. The highest BCUT2D eigenvalue weighted by Crippen LogP contribution is 2.11. The standard InChI is InChI=1S/C20H23N3O/c24-20(17-23-13-7-12-21-23)16-22(14-18-8-3-1-4-9-18)15-19-10-5-2-6-11-19/h1-13,20,24H,14-17H2. The van der Waals surface area contributed by atoms with E-state index < -0.39 is 6.10 Å². The van der Waals surface area contributed by atoms with Gasteiger partial charge in [-0.05, 0) is 17.2 Å². The van der Waals surface area contributed by atoms with Crippen molar-refractivity contribution in [3.63, 3.8) is 0 Å². The molecule has 0 saturated heterocycles. The van der Waals surface area contributed by atoms with E-state index in [1.54, 1.807) is 10.9 Å². The molecule has 0 aliphatic heterocycles. The molecule has 1 aromatic heterocycles. The van der Waals surface area contributed by atoms with Crippen molar-refractivity contribution in [3.05, 3.63) is 90.3 Å². The summed E-state index contributed by atoms with van der Waals surface area (Å²) in [5, 5.41) is 14.6. The third-order valence-electron chi connectivity index (χ3n) is 3.92.